The SMILES string of the molecule is Cc1nc(C(=O)NCCc2c[nH]c3ccccc23)sc1C. The van der Waals surface area contributed by atoms with Crippen LogP contribution in [0.2, 0.25) is 0 Å². The molecular formula is C16H17N3OS. The fourth-order valence-electron chi connectivity index (χ4n) is 2.29. The lowest BCUT2D eigenvalue weighted by atomic mass is 10.1. The second kappa shape index (κ2) is 5.69. The molecule has 0 saturated carbocycles. The summed E-state index contributed by atoms with van der Waals surface area (Å²) in [4.78, 5) is 20.6. The molecule has 5 heteroatoms. The van der Waals surface area contributed by atoms with Crippen LogP contribution >= 0.6 is 11.3 Å². The summed E-state index contributed by atoms with van der Waals surface area (Å²) in [6, 6.07) is 8.19. The first-order valence-electron chi connectivity index (χ1n) is 6.92. The van der Waals surface area contributed by atoms with Crippen molar-refractivity contribution in [3.05, 3.63) is 51.6 Å². The van der Waals surface area contributed by atoms with Gasteiger partial charge in [0.15, 0.2) is 5.01 Å². The number of benzene rings is 1. The molecule has 108 valence electrons. The summed E-state index contributed by atoms with van der Waals surface area (Å²) in [5, 5.41) is 4.70. The monoisotopic (exact) mass is 299 g/mol. The van der Waals surface area contributed by atoms with E-state index < -0.39 is 0 Å². The predicted octanol–water partition coefficient (Wildman–Crippen LogP) is 3.21. The molecule has 1 amide bonds. The van der Waals surface area contributed by atoms with Gasteiger partial charge in [-0.25, -0.2) is 4.98 Å². The van der Waals surface area contributed by atoms with E-state index in [2.05, 4.69) is 27.4 Å². The number of nitrogens with one attached hydrogen (secondary N) is 2. The highest BCUT2D eigenvalue weighted by atomic mass is 32.1. The highest BCUT2D eigenvalue weighted by Gasteiger charge is 2.12. The number of thiazole rings is 1. The zero-order chi connectivity index (χ0) is 14.8. The van der Waals surface area contributed by atoms with Gasteiger partial charge in [-0.1, -0.05) is 18.2 Å². The molecule has 0 unspecified atom stereocenters. The van der Waals surface area contributed by atoms with Crippen LogP contribution < -0.4 is 5.32 Å². The molecule has 0 aliphatic heterocycles. The number of para-hydroxylation sites is 1. The third kappa shape index (κ3) is 2.83. The molecular weight excluding hydrogens is 282 g/mol. The fraction of sp³-hybridized carbons (Fsp3) is 0.250. The Labute approximate surface area is 127 Å². The largest absolute Gasteiger partial charge is 0.361 e. The van der Waals surface area contributed by atoms with Gasteiger partial charge in [-0.15, -0.1) is 11.3 Å². The van der Waals surface area contributed by atoms with Crippen molar-refractivity contribution in [2.45, 2.75) is 20.3 Å². The van der Waals surface area contributed by atoms with E-state index in [1.165, 1.54) is 22.3 Å². The number of hydrogen-bond donors (Lipinski definition) is 2. The lowest BCUT2D eigenvalue weighted by molar-refractivity contribution is 0.0953. The van der Waals surface area contributed by atoms with Crippen LogP contribution in [0.3, 0.4) is 0 Å². The summed E-state index contributed by atoms with van der Waals surface area (Å²) in [6.07, 6.45) is 2.81. The zero-order valence-electron chi connectivity index (χ0n) is 12.1. The number of aromatic amines is 1. The van der Waals surface area contributed by atoms with E-state index in [9.17, 15) is 4.79 Å². The number of aryl methyl sites for hydroxylation is 2. The molecule has 0 fully saturated rings. The first kappa shape index (κ1) is 13.8. The molecule has 0 bridgehead atoms. The molecule has 0 saturated heterocycles. The van der Waals surface area contributed by atoms with Crippen molar-refractivity contribution in [3.8, 4) is 0 Å². The number of hydrogen-bond acceptors (Lipinski definition) is 3. The number of carbonyl (C=O) groups is 1. The highest BCUT2D eigenvalue weighted by Crippen LogP contribution is 2.18. The zero-order valence-corrected chi connectivity index (χ0v) is 12.9. The minimum atomic E-state index is -0.0870. The van der Waals surface area contributed by atoms with Crippen molar-refractivity contribution < 1.29 is 4.79 Å². The summed E-state index contributed by atoms with van der Waals surface area (Å²) in [6.45, 7) is 4.52. The first-order chi connectivity index (χ1) is 10.1. The Morgan fingerprint density at radius 1 is 1.33 bits per heavy atom. The summed E-state index contributed by atoms with van der Waals surface area (Å²) >= 11 is 1.44. The Balaban J connectivity index is 1.62. The Hall–Kier alpha value is -2.14. The lowest BCUT2D eigenvalue weighted by Gasteiger charge is -2.02. The van der Waals surface area contributed by atoms with Gasteiger partial charge in [0, 0.05) is 28.5 Å². The van der Waals surface area contributed by atoms with E-state index >= 15 is 0 Å². The van der Waals surface area contributed by atoms with E-state index in [4.69, 9.17) is 0 Å². The quantitative estimate of drug-likeness (QED) is 0.777. The molecule has 0 atom stereocenters. The molecule has 2 aromatic heterocycles. The third-order valence-electron chi connectivity index (χ3n) is 3.58. The Kier molecular flexibility index (Phi) is 3.75. The van der Waals surface area contributed by atoms with Gasteiger partial charge >= 0.3 is 0 Å². The van der Waals surface area contributed by atoms with Crippen molar-refractivity contribution in [1.29, 1.82) is 0 Å². The van der Waals surface area contributed by atoms with Crippen molar-refractivity contribution in [3.63, 3.8) is 0 Å². The summed E-state index contributed by atoms with van der Waals surface area (Å²) in [5.41, 5.74) is 3.28. The molecule has 2 heterocycles. The summed E-state index contributed by atoms with van der Waals surface area (Å²) in [7, 11) is 0. The standard InChI is InChI=1S/C16H17N3OS/c1-10-11(2)21-16(19-10)15(20)17-8-7-12-9-18-14-6-4-3-5-13(12)14/h3-6,9,18H,7-8H2,1-2H3,(H,17,20). The topological polar surface area (TPSA) is 57.8 Å². The molecule has 0 aliphatic rings. The first-order valence-corrected chi connectivity index (χ1v) is 7.74. The van der Waals surface area contributed by atoms with E-state index in [0.29, 0.717) is 11.6 Å². The number of rotatable bonds is 4. The average molecular weight is 299 g/mol. The summed E-state index contributed by atoms with van der Waals surface area (Å²) in [5.74, 6) is -0.0870. The van der Waals surface area contributed by atoms with Crippen LogP contribution in [0.25, 0.3) is 10.9 Å². The number of amides is 1. The number of aromatic nitrogens is 2. The Bertz CT molecular complexity index is 768. The fourth-order valence-corrected chi connectivity index (χ4v) is 3.13. The molecule has 0 spiro atoms. The molecule has 0 radical (unpaired) electrons. The Morgan fingerprint density at radius 2 is 2.14 bits per heavy atom. The molecule has 0 aliphatic carbocycles. The maximum atomic E-state index is 12.0. The number of H-pyrrole nitrogens is 1. The number of nitrogens with zero attached hydrogens (tertiary/aromatic N) is 1. The van der Waals surface area contributed by atoms with Gasteiger partial charge in [0.25, 0.3) is 5.91 Å². The van der Waals surface area contributed by atoms with Crippen LogP contribution in [0.15, 0.2) is 30.5 Å². The van der Waals surface area contributed by atoms with E-state index in [1.807, 2.05) is 32.2 Å². The molecule has 1 aromatic carbocycles. The summed E-state index contributed by atoms with van der Waals surface area (Å²) < 4.78 is 0. The van der Waals surface area contributed by atoms with Crippen molar-refractivity contribution >= 4 is 28.1 Å². The van der Waals surface area contributed by atoms with Gasteiger partial charge in [0.05, 0.1) is 5.69 Å². The predicted molar refractivity (Wildman–Crippen MR) is 85.9 cm³/mol. The van der Waals surface area contributed by atoms with E-state index in [0.717, 1.165) is 22.5 Å². The Morgan fingerprint density at radius 3 is 2.90 bits per heavy atom. The maximum Gasteiger partial charge on any atom is 0.280 e. The molecule has 4 nitrogen and oxygen atoms in total. The second-order valence-electron chi connectivity index (χ2n) is 5.03. The van der Waals surface area contributed by atoms with Crippen LogP contribution in [-0.4, -0.2) is 22.4 Å². The smallest absolute Gasteiger partial charge is 0.280 e. The van der Waals surface area contributed by atoms with Crippen LogP contribution in [0.1, 0.15) is 25.9 Å². The van der Waals surface area contributed by atoms with Gasteiger partial charge in [-0.3, -0.25) is 4.79 Å². The average Bonchev–Trinajstić information content (AvgIpc) is 3.04. The van der Waals surface area contributed by atoms with Crippen LogP contribution in [0.5, 0.6) is 0 Å². The van der Waals surface area contributed by atoms with Gasteiger partial charge < -0.3 is 10.3 Å². The molecule has 21 heavy (non-hydrogen) atoms. The van der Waals surface area contributed by atoms with E-state index in [1.54, 1.807) is 0 Å². The minimum absolute atomic E-state index is 0.0870. The molecule has 2 N–H and O–H groups in total. The molecule has 3 aromatic rings. The molecule has 3 rings (SSSR count). The number of fused-ring (bicyclic) bond motifs is 1. The van der Waals surface area contributed by atoms with Crippen LogP contribution in [0.4, 0.5) is 0 Å². The van der Waals surface area contributed by atoms with Gasteiger partial charge in [0.1, 0.15) is 0 Å². The normalized spacial score (nSPS) is 11.0. The van der Waals surface area contributed by atoms with E-state index in [-0.39, 0.29) is 5.91 Å². The van der Waals surface area contributed by atoms with Gasteiger partial charge in [0.2, 0.25) is 0 Å². The second-order valence-corrected chi connectivity index (χ2v) is 6.23. The third-order valence-corrected chi connectivity index (χ3v) is 4.65. The van der Waals surface area contributed by atoms with Crippen molar-refractivity contribution in [2.24, 2.45) is 0 Å². The van der Waals surface area contributed by atoms with Crippen LogP contribution in [0, 0.1) is 13.8 Å². The van der Waals surface area contributed by atoms with Crippen molar-refractivity contribution in [2.75, 3.05) is 6.54 Å². The number of carbonyl (C=O) groups excluding carboxylic acids is 1. The van der Waals surface area contributed by atoms with Crippen LogP contribution in [-0.2, 0) is 6.42 Å². The minimum Gasteiger partial charge on any atom is -0.361 e. The van der Waals surface area contributed by atoms with Gasteiger partial charge in [-0.2, -0.15) is 0 Å². The van der Waals surface area contributed by atoms with Gasteiger partial charge in [-0.05, 0) is 31.9 Å². The van der Waals surface area contributed by atoms with Crippen molar-refractivity contribution in [1.82, 2.24) is 15.3 Å². The highest BCUT2D eigenvalue weighted by molar-refractivity contribution is 7.13. The maximum absolute atomic E-state index is 12.0. The lowest BCUT2D eigenvalue weighted by Crippen LogP contribution is -2.25.